The molecule has 2 N–H and O–H groups in total. The van der Waals surface area contributed by atoms with Crippen LogP contribution in [0.2, 0.25) is 5.02 Å². The molecule has 3 aromatic carbocycles. The summed E-state index contributed by atoms with van der Waals surface area (Å²) in [7, 11) is 0. The fourth-order valence-electron chi connectivity index (χ4n) is 2.97. The van der Waals surface area contributed by atoms with E-state index < -0.39 is 11.9 Å². The van der Waals surface area contributed by atoms with Crippen LogP contribution in [0, 0.1) is 6.92 Å². The number of ether oxygens (including phenoxy) is 2. The maximum atomic E-state index is 12.4. The molecule has 0 aliphatic rings. The molecule has 0 bridgehead atoms. The van der Waals surface area contributed by atoms with Crippen molar-refractivity contribution in [1.82, 2.24) is 10.7 Å². The first-order valence-corrected chi connectivity index (χ1v) is 11.1. The normalized spacial score (nSPS) is 10.6. The molecule has 0 aliphatic heterocycles. The zero-order valence-corrected chi connectivity index (χ0v) is 20.0. The molecule has 0 aromatic heterocycles. The van der Waals surface area contributed by atoms with Crippen molar-refractivity contribution in [3.05, 3.63) is 94.0 Å². The van der Waals surface area contributed by atoms with E-state index in [1.807, 2.05) is 13.0 Å². The second kappa shape index (κ2) is 12.3. The van der Waals surface area contributed by atoms with Crippen molar-refractivity contribution in [2.75, 3.05) is 13.2 Å². The Bertz CT molecular complexity index is 1240. The standard InChI is InChI=1S/C26H24ClN3O5/c1-3-34-23-14-18(7-12-22(23)35-26(33)19-8-10-21(27)11-9-19)15-29-30-24(31)16-28-25(32)20-6-4-5-17(2)13-20/h4-15H,3,16H2,1-2H3,(H,28,32)(H,30,31)/b29-15+. The molecular formula is C26H24ClN3O5. The first-order valence-electron chi connectivity index (χ1n) is 10.8. The third kappa shape index (κ3) is 7.68. The number of hydrogen-bond acceptors (Lipinski definition) is 6. The van der Waals surface area contributed by atoms with E-state index >= 15 is 0 Å². The Morgan fingerprint density at radius 2 is 1.74 bits per heavy atom. The number of carbonyl (C=O) groups excluding carboxylic acids is 3. The number of rotatable bonds is 9. The average Bonchev–Trinajstić information content (AvgIpc) is 2.84. The van der Waals surface area contributed by atoms with E-state index in [9.17, 15) is 14.4 Å². The maximum absolute atomic E-state index is 12.4. The lowest BCUT2D eigenvalue weighted by Gasteiger charge is -2.11. The number of benzene rings is 3. The quantitative estimate of drug-likeness (QED) is 0.201. The molecule has 35 heavy (non-hydrogen) atoms. The summed E-state index contributed by atoms with van der Waals surface area (Å²) in [5, 5.41) is 6.96. The van der Waals surface area contributed by atoms with Crippen LogP contribution in [-0.4, -0.2) is 37.1 Å². The Kier molecular flexibility index (Phi) is 8.97. The summed E-state index contributed by atoms with van der Waals surface area (Å²) >= 11 is 5.85. The third-order valence-electron chi connectivity index (χ3n) is 4.64. The topological polar surface area (TPSA) is 106 Å². The van der Waals surface area contributed by atoms with Gasteiger partial charge in [0.05, 0.1) is 24.9 Å². The van der Waals surface area contributed by atoms with Crippen LogP contribution in [0.3, 0.4) is 0 Å². The Hall–Kier alpha value is -4.17. The fourth-order valence-corrected chi connectivity index (χ4v) is 3.10. The minimum atomic E-state index is -0.552. The summed E-state index contributed by atoms with van der Waals surface area (Å²) in [5.74, 6) is -0.801. The van der Waals surface area contributed by atoms with Crippen molar-refractivity contribution in [1.29, 1.82) is 0 Å². The molecule has 0 saturated carbocycles. The van der Waals surface area contributed by atoms with Crippen LogP contribution in [0.1, 0.15) is 38.8 Å². The number of esters is 1. The summed E-state index contributed by atoms with van der Waals surface area (Å²) in [6.07, 6.45) is 1.41. The van der Waals surface area contributed by atoms with Gasteiger partial charge in [-0.3, -0.25) is 9.59 Å². The smallest absolute Gasteiger partial charge is 0.343 e. The van der Waals surface area contributed by atoms with Crippen molar-refractivity contribution >= 4 is 35.6 Å². The molecular weight excluding hydrogens is 470 g/mol. The van der Waals surface area contributed by atoms with Gasteiger partial charge in [0.1, 0.15) is 0 Å². The highest BCUT2D eigenvalue weighted by atomic mass is 35.5. The molecule has 0 heterocycles. The van der Waals surface area contributed by atoms with Crippen molar-refractivity contribution in [3.8, 4) is 11.5 Å². The number of amides is 2. The predicted molar refractivity (Wildman–Crippen MR) is 133 cm³/mol. The zero-order valence-electron chi connectivity index (χ0n) is 19.2. The molecule has 0 fully saturated rings. The second-order valence-electron chi connectivity index (χ2n) is 7.38. The first-order chi connectivity index (χ1) is 16.9. The summed E-state index contributed by atoms with van der Waals surface area (Å²) < 4.78 is 11.0. The van der Waals surface area contributed by atoms with Crippen LogP contribution >= 0.6 is 11.6 Å². The van der Waals surface area contributed by atoms with E-state index in [4.69, 9.17) is 21.1 Å². The summed E-state index contributed by atoms with van der Waals surface area (Å²) in [6, 6.07) is 18.3. The first kappa shape index (κ1) is 25.5. The van der Waals surface area contributed by atoms with Gasteiger partial charge in [0, 0.05) is 10.6 Å². The fraction of sp³-hybridized carbons (Fsp3) is 0.154. The number of halogens is 1. The van der Waals surface area contributed by atoms with Gasteiger partial charge in [-0.05, 0) is 74.0 Å². The maximum Gasteiger partial charge on any atom is 0.343 e. The van der Waals surface area contributed by atoms with Crippen molar-refractivity contribution in [2.45, 2.75) is 13.8 Å². The van der Waals surface area contributed by atoms with Gasteiger partial charge in [0.15, 0.2) is 11.5 Å². The molecule has 3 aromatic rings. The molecule has 0 saturated heterocycles. The number of hydrogen-bond donors (Lipinski definition) is 2. The largest absolute Gasteiger partial charge is 0.490 e. The molecule has 0 aliphatic carbocycles. The van der Waals surface area contributed by atoms with Crippen LogP contribution in [0.25, 0.3) is 0 Å². The molecule has 0 spiro atoms. The number of nitrogens with one attached hydrogen (secondary N) is 2. The van der Waals surface area contributed by atoms with Crippen LogP contribution in [0.4, 0.5) is 0 Å². The summed E-state index contributed by atoms with van der Waals surface area (Å²) in [4.78, 5) is 36.5. The van der Waals surface area contributed by atoms with Crippen LogP contribution in [-0.2, 0) is 4.79 Å². The number of aryl methyl sites for hydroxylation is 1. The molecule has 3 rings (SSSR count). The van der Waals surface area contributed by atoms with Gasteiger partial charge in [-0.25, -0.2) is 10.2 Å². The van der Waals surface area contributed by atoms with E-state index in [0.717, 1.165) is 5.56 Å². The zero-order chi connectivity index (χ0) is 25.2. The number of hydrazone groups is 1. The third-order valence-corrected chi connectivity index (χ3v) is 4.89. The Balaban J connectivity index is 1.57. The van der Waals surface area contributed by atoms with Gasteiger partial charge < -0.3 is 14.8 Å². The minimum Gasteiger partial charge on any atom is -0.490 e. The molecule has 8 nitrogen and oxygen atoms in total. The Morgan fingerprint density at radius 3 is 2.46 bits per heavy atom. The number of nitrogens with zero attached hydrogens (tertiary/aromatic N) is 1. The van der Waals surface area contributed by atoms with E-state index in [-0.39, 0.29) is 18.2 Å². The minimum absolute atomic E-state index is 0.228. The molecule has 0 radical (unpaired) electrons. The molecule has 180 valence electrons. The highest BCUT2D eigenvalue weighted by Crippen LogP contribution is 2.29. The lowest BCUT2D eigenvalue weighted by atomic mass is 10.1. The summed E-state index contributed by atoms with van der Waals surface area (Å²) in [5.41, 5.74) is 4.72. The van der Waals surface area contributed by atoms with Gasteiger partial charge in [0.2, 0.25) is 0 Å². The SMILES string of the molecule is CCOc1cc(/C=N/NC(=O)CNC(=O)c2cccc(C)c2)ccc1OC(=O)c1ccc(Cl)cc1. The van der Waals surface area contributed by atoms with Gasteiger partial charge in [-0.15, -0.1) is 0 Å². The van der Waals surface area contributed by atoms with Crippen molar-refractivity contribution in [3.63, 3.8) is 0 Å². The van der Waals surface area contributed by atoms with Gasteiger partial charge >= 0.3 is 5.97 Å². The van der Waals surface area contributed by atoms with E-state index in [1.54, 1.807) is 67.6 Å². The molecule has 0 unspecified atom stereocenters. The van der Waals surface area contributed by atoms with Gasteiger partial charge in [-0.1, -0.05) is 29.3 Å². The van der Waals surface area contributed by atoms with Crippen molar-refractivity contribution < 1.29 is 23.9 Å². The molecule has 9 heteroatoms. The number of carbonyl (C=O) groups is 3. The Labute approximate surface area is 207 Å². The lowest BCUT2D eigenvalue weighted by molar-refractivity contribution is -0.120. The van der Waals surface area contributed by atoms with Crippen LogP contribution < -0.4 is 20.2 Å². The van der Waals surface area contributed by atoms with Crippen molar-refractivity contribution in [2.24, 2.45) is 5.10 Å². The Morgan fingerprint density at radius 1 is 0.971 bits per heavy atom. The second-order valence-corrected chi connectivity index (χ2v) is 7.82. The van der Waals surface area contributed by atoms with E-state index in [2.05, 4.69) is 15.8 Å². The van der Waals surface area contributed by atoms with E-state index in [1.165, 1.54) is 6.21 Å². The highest BCUT2D eigenvalue weighted by molar-refractivity contribution is 6.30. The lowest BCUT2D eigenvalue weighted by Crippen LogP contribution is -2.34. The van der Waals surface area contributed by atoms with Gasteiger partial charge in [0.25, 0.3) is 11.8 Å². The van der Waals surface area contributed by atoms with Crippen LogP contribution in [0.5, 0.6) is 11.5 Å². The predicted octanol–water partition coefficient (Wildman–Crippen LogP) is 4.15. The van der Waals surface area contributed by atoms with Gasteiger partial charge in [-0.2, -0.15) is 5.10 Å². The van der Waals surface area contributed by atoms with Crippen LogP contribution in [0.15, 0.2) is 71.8 Å². The summed E-state index contributed by atoms with van der Waals surface area (Å²) in [6.45, 7) is 3.81. The highest BCUT2D eigenvalue weighted by Gasteiger charge is 2.13. The molecule has 0 atom stereocenters. The van der Waals surface area contributed by atoms with E-state index in [0.29, 0.717) is 34.1 Å². The monoisotopic (exact) mass is 493 g/mol. The average molecular weight is 494 g/mol. The molecule has 2 amide bonds.